The number of pyridine rings is 1. The summed E-state index contributed by atoms with van der Waals surface area (Å²) < 4.78 is 10.3. The topological polar surface area (TPSA) is 65.5 Å². The lowest BCUT2D eigenvalue weighted by molar-refractivity contribution is -0.166. The third-order valence-electron chi connectivity index (χ3n) is 2.64. The van der Waals surface area contributed by atoms with Crippen LogP contribution in [-0.2, 0) is 25.5 Å². The molecule has 5 heteroatoms. The van der Waals surface area contributed by atoms with Crippen LogP contribution in [0.3, 0.4) is 0 Å². The van der Waals surface area contributed by atoms with E-state index in [9.17, 15) is 9.59 Å². The van der Waals surface area contributed by atoms with E-state index in [1.807, 2.05) is 13.0 Å². The van der Waals surface area contributed by atoms with E-state index in [1.54, 1.807) is 40.1 Å². The summed E-state index contributed by atoms with van der Waals surface area (Å²) in [6, 6.07) is 1.89. The highest BCUT2D eigenvalue weighted by Gasteiger charge is 2.31. The third-order valence-corrected chi connectivity index (χ3v) is 2.64. The van der Waals surface area contributed by atoms with Gasteiger partial charge < -0.3 is 9.47 Å². The normalized spacial score (nSPS) is 11.0. The lowest BCUT2D eigenvalue weighted by Crippen LogP contribution is -2.32. The first-order valence-corrected chi connectivity index (χ1v) is 7.11. The van der Waals surface area contributed by atoms with Crippen LogP contribution in [0.15, 0.2) is 18.5 Å². The Hall–Kier alpha value is -1.91. The number of aryl methyl sites for hydroxylation is 1. The molecule has 1 aromatic rings. The molecule has 0 aliphatic rings. The van der Waals surface area contributed by atoms with Gasteiger partial charge >= 0.3 is 11.9 Å². The standard InChI is InChI=1S/C16H23NO4/c1-10(2)20-15(18)14(16(19)21-11(3)4)7-13-6-12(5)8-17-9-13/h6,8-11,14H,7H2,1-5H3. The number of carbonyl (C=O) groups excluding carboxylic acids is 2. The van der Waals surface area contributed by atoms with Crippen LogP contribution in [0.25, 0.3) is 0 Å². The molecule has 0 saturated carbocycles. The summed E-state index contributed by atoms with van der Waals surface area (Å²) in [5.41, 5.74) is 1.78. The zero-order valence-corrected chi connectivity index (χ0v) is 13.3. The van der Waals surface area contributed by atoms with Gasteiger partial charge in [0.1, 0.15) is 0 Å². The highest BCUT2D eigenvalue weighted by Crippen LogP contribution is 2.15. The Labute approximate surface area is 125 Å². The van der Waals surface area contributed by atoms with E-state index < -0.39 is 17.9 Å². The highest BCUT2D eigenvalue weighted by atomic mass is 16.6. The number of rotatable bonds is 6. The van der Waals surface area contributed by atoms with Crippen LogP contribution in [0, 0.1) is 12.8 Å². The fraction of sp³-hybridized carbons (Fsp3) is 0.562. The van der Waals surface area contributed by atoms with Crippen molar-refractivity contribution < 1.29 is 19.1 Å². The van der Waals surface area contributed by atoms with Gasteiger partial charge in [0.25, 0.3) is 0 Å². The minimum Gasteiger partial charge on any atom is -0.462 e. The number of hydrogen-bond donors (Lipinski definition) is 0. The molecule has 0 aliphatic heterocycles. The smallest absolute Gasteiger partial charge is 0.320 e. The summed E-state index contributed by atoms with van der Waals surface area (Å²) in [5.74, 6) is -2.08. The van der Waals surface area contributed by atoms with Crippen molar-refractivity contribution in [2.75, 3.05) is 0 Å². The van der Waals surface area contributed by atoms with Gasteiger partial charge in [-0.15, -0.1) is 0 Å². The number of carbonyl (C=O) groups is 2. The van der Waals surface area contributed by atoms with Crippen LogP contribution in [0.5, 0.6) is 0 Å². The molecular formula is C16H23NO4. The van der Waals surface area contributed by atoms with E-state index in [0.717, 1.165) is 11.1 Å². The summed E-state index contributed by atoms with van der Waals surface area (Å²) in [6.07, 6.45) is 3.04. The molecule has 1 rings (SSSR count). The molecule has 0 radical (unpaired) electrons. The van der Waals surface area contributed by atoms with Crippen molar-refractivity contribution in [2.24, 2.45) is 5.92 Å². The first-order chi connectivity index (χ1) is 9.79. The third kappa shape index (κ3) is 5.94. The molecule has 1 heterocycles. The Morgan fingerprint density at radius 2 is 1.57 bits per heavy atom. The molecule has 21 heavy (non-hydrogen) atoms. The van der Waals surface area contributed by atoms with Crippen molar-refractivity contribution in [1.29, 1.82) is 0 Å². The number of esters is 2. The van der Waals surface area contributed by atoms with Crippen molar-refractivity contribution in [3.63, 3.8) is 0 Å². The fourth-order valence-corrected chi connectivity index (χ4v) is 1.86. The maximum atomic E-state index is 12.1. The molecular weight excluding hydrogens is 270 g/mol. The molecule has 0 saturated heterocycles. The molecule has 0 fully saturated rings. The second-order valence-electron chi connectivity index (χ2n) is 5.60. The molecule has 0 bridgehead atoms. The fourth-order valence-electron chi connectivity index (χ4n) is 1.86. The van der Waals surface area contributed by atoms with Gasteiger partial charge in [-0.1, -0.05) is 6.07 Å². The molecule has 0 aliphatic carbocycles. The van der Waals surface area contributed by atoms with Crippen molar-refractivity contribution in [2.45, 2.75) is 53.2 Å². The maximum Gasteiger partial charge on any atom is 0.320 e. The van der Waals surface area contributed by atoms with E-state index in [4.69, 9.17) is 9.47 Å². The SMILES string of the molecule is Cc1cncc(CC(C(=O)OC(C)C)C(=O)OC(C)C)c1. The Bertz CT molecular complexity index is 475. The van der Waals surface area contributed by atoms with Crippen molar-refractivity contribution in [3.05, 3.63) is 29.6 Å². The molecule has 5 nitrogen and oxygen atoms in total. The summed E-state index contributed by atoms with van der Waals surface area (Å²) in [4.78, 5) is 28.3. The second-order valence-corrected chi connectivity index (χ2v) is 5.60. The molecule has 116 valence electrons. The molecule has 0 atom stereocenters. The molecule has 0 aromatic carbocycles. The van der Waals surface area contributed by atoms with Crippen LogP contribution >= 0.6 is 0 Å². The Kier molecular flexibility index (Phi) is 6.34. The summed E-state index contributed by atoms with van der Waals surface area (Å²) >= 11 is 0. The van der Waals surface area contributed by atoms with E-state index in [1.165, 1.54) is 0 Å². The highest BCUT2D eigenvalue weighted by molar-refractivity contribution is 5.95. The van der Waals surface area contributed by atoms with Gasteiger partial charge in [0, 0.05) is 12.4 Å². The zero-order chi connectivity index (χ0) is 16.0. The lowest BCUT2D eigenvalue weighted by atomic mass is 10.00. The molecule has 0 spiro atoms. The van der Waals surface area contributed by atoms with Gasteiger partial charge in [0.15, 0.2) is 5.92 Å². The Morgan fingerprint density at radius 3 is 2.00 bits per heavy atom. The Balaban J connectivity index is 2.90. The number of hydrogen-bond acceptors (Lipinski definition) is 5. The van der Waals surface area contributed by atoms with Gasteiger partial charge in [0.05, 0.1) is 12.2 Å². The van der Waals surface area contributed by atoms with E-state index in [-0.39, 0.29) is 18.6 Å². The van der Waals surface area contributed by atoms with E-state index in [2.05, 4.69) is 4.98 Å². The predicted molar refractivity (Wildman–Crippen MR) is 78.6 cm³/mol. The van der Waals surface area contributed by atoms with Crippen LogP contribution in [0.4, 0.5) is 0 Å². The second kappa shape index (κ2) is 7.76. The minimum atomic E-state index is -0.960. The lowest BCUT2D eigenvalue weighted by Gasteiger charge is -2.18. The zero-order valence-electron chi connectivity index (χ0n) is 13.3. The molecule has 1 aromatic heterocycles. The minimum absolute atomic E-state index is 0.228. The molecule has 0 unspecified atom stereocenters. The predicted octanol–water partition coefficient (Wildman–Crippen LogP) is 2.45. The van der Waals surface area contributed by atoms with Gasteiger partial charge in [-0.3, -0.25) is 14.6 Å². The van der Waals surface area contributed by atoms with Crippen molar-refractivity contribution in [3.8, 4) is 0 Å². The van der Waals surface area contributed by atoms with Crippen LogP contribution in [0.1, 0.15) is 38.8 Å². The first kappa shape index (κ1) is 17.1. The quantitative estimate of drug-likeness (QED) is 0.595. The monoisotopic (exact) mass is 293 g/mol. The van der Waals surface area contributed by atoms with Gasteiger partial charge in [0.2, 0.25) is 0 Å². The van der Waals surface area contributed by atoms with Gasteiger partial charge in [-0.05, 0) is 52.2 Å². The van der Waals surface area contributed by atoms with Gasteiger partial charge in [-0.25, -0.2) is 0 Å². The molecule has 0 amide bonds. The summed E-state index contributed by atoms with van der Waals surface area (Å²) in [5, 5.41) is 0. The van der Waals surface area contributed by atoms with E-state index >= 15 is 0 Å². The molecule has 0 N–H and O–H groups in total. The Morgan fingerprint density at radius 1 is 1.05 bits per heavy atom. The van der Waals surface area contributed by atoms with Gasteiger partial charge in [-0.2, -0.15) is 0 Å². The largest absolute Gasteiger partial charge is 0.462 e. The van der Waals surface area contributed by atoms with Crippen LogP contribution < -0.4 is 0 Å². The number of aromatic nitrogens is 1. The van der Waals surface area contributed by atoms with Crippen LogP contribution in [0.2, 0.25) is 0 Å². The number of ether oxygens (including phenoxy) is 2. The average Bonchev–Trinajstić information content (AvgIpc) is 2.34. The first-order valence-electron chi connectivity index (χ1n) is 7.11. The number of nitrogens with zero attached hydrogens (tertiary/aromatic N) is 1. The average molecular weight is 293 g/mol. The van der Waals surface area contributed by atoms with Crippen LogP contribution in [-0.4, -0.2) is 29.1 Å². The summed E-state index contributed by atoms with van der Waals surface area (Å²) in [6.45, 7) is 8.90. The maximum absolute atomic E-state index is 12.1. The van der Waals surface area contributed by atoms with Crippen molar-refractivity contribution in [1.82, 2.24) is 4.98 Å². The van der Waals surface area contributed by atoms with E-state index in [0.29, 0.717) is 0 Å². The van der Waals surface area contributed by atoms with Crippen molar-refractivity contribution >= 4 is 11.9 Å². The summed E-state index contributed by atoms with van der Waals surface area (Å²) in [7, 11) is 0.